The van der Waals surface area contributed by atoms with E-state index in [0.717, 1.165) is 11.1 Å². The third kappa shape index (κ3) is 6.77. The molecular formula is C25H21N3O4. The number of amides is 2. The van der Waals surface area contributed by atoms with Gasteiger partial charge in [0, 0.05) is 11.8 Å². The van der Waals surface area contributed by atoms with Crippen molar-refractivity contribution in [3.63, 3.8) is 0 Å². The SMILES string of the molecule is Cc1ccccc1NC(=O)C(=O)N/N=C/c1ccc(OC(=O)/C=C/c2ccccc2)cc1. The highest BCUT2D eigenvalue weighted by molar-refractivity contribution is 6.39. The van der Waals surface area contributed by atoms with E-state index in [2.05, 4.69) is 15.8 Å². The van der Waals surface area contributed by atoms with E-state index < -0.39 is 17.8 Å². The Labute approximate surface area is 185 Å². The van der Waals surface area contributed by atoms with Crippen molar-refractivity contribution in [2.75, 3.05) is 5.32 Å². The number of benzene rings is 3. The third-order valence-electron chi connectivity index (χ3n) is 4.29. The van der Waals surface area contributed by atoms with Gasteiger partial charge in [-0.05, 0) is 60.0 Å². The van der Waals surface area contributed by atoms with Crippen LogP contribution >= 0.6 is 0 Å². The Hall–Kier alpha value is -4.52. The van der Waals surface area contributed by atoms with Crippen LogP contribution in [0.15, 0.2) is 90.0 Å². The van der Waals surface area contributed by atoms with Crippen molar-refractivity contribution >= 4 is 35.8 Å². The Morgan fingerprint density at radius 1 is 0.812 bits per heavy atom. The van der Waals surface area contributed by atoms with Gasteiger partial charge in [0.15, 0.2) is 0 Å². The highest BCUT2D eigenvalue weighted by Crippen LogP contribution is 2.13. The number of nitrogens with one attached hydrogen (secondary N) is 2. The smallest absolute Gasteiger partial charge is 0.336 e. The molecule has 2 N–H and O–H groups in total. The molecule has 3 aromatic rings. The van der Waals surface area contributed by atoms with Gasteiger partial charge in [0.1, 0.15) is 5.75 Å². The summed E-state index contributed by atoms with van der Waals surface area (Å²) >= 11 is 0. The van der Waals surface area contributed by atoms with Crippen molar-refractivity contribution in [2.45, 2.75) is 6.92 Å². The molecule has 0 aliphatic rings. The van der Waals surface area contributed by atoms with Crippen molar-refractivity contribution in [3.8, 4) is 5.75 Å². The predicted molar refractivity (Wildman–Crippen MR) is 123 cm³/mol. The topological polar surface area (TPSA) is 96.9 Å². The van der Waals surface area contributed by atoms with Crippen LogP contribution in [0.5, 0.6) is 5.75 Å². The van der Waals surface area contributed by atoms with Gasteiger partial charge in [0.25, 0.3) is 0 Å². The second-order valence-electron chi connectivity index (χ2n) is 6.70. The van der Waals surface area contributed by atoms with Crippen LogP contribution in [0.4, 0.5) is 5.69 Å². The summed E-state index contributed by atoms with van der Waals surface area (Å²) < 4.78 is 5.24. The largest absolute Gasteiger partial charge is 0.423 e. The van der Waals surface area contributed by atoms with E-state index in [1.54, 1.807) is 42.5 Å². The summed E-state index contributed by atoms with van der Waals surface area (Å²) in [5.41, 5.74) is 5.11. The molecule has 7 nitrogen and oxygen atoms in total. The number of carbonyl (C=O) groups is 3. The minimum atomic E-state index is -0.889. The average molecular weight is 427 g/mol. The van der Waals surface area contributed by atoms with Gasteiger partial charge in [0.2, 0.25) is 0 Å². The lowest BCUT2D eigenvalue weighted by Crippen LogP contribution is -2.32. The molecular weight excluding hydrogens is 406 g/mol. The van der Waals surface area contributed by atoms with Gasteiger partial charge in [-0.1, -0.05) is 48.5 Å². The van der Waals surface area contributed by atoms with Crippen LogP contribution in [0.2, 0.25) is 0 Å². The molecule has 0 saturated carbocycles. The van der Waals surface area contributed by atoms with Crippen LogP contribution in [0, 0.1) is 6.92 Å². The summed E-state index contributed by atoms with van der Waals surface area (Å²) in [6.07, 6.45) is 4.39. The number of hydrazone groups is 1. The molecule has 0 aromatic heterocycles. The first-order valence-electron chi connectivity index (χ1n) is 9.76. The lowest BCUT2D eigenvalue weighted by molar-refractivity contribution is -0.136. The van der Waals surface area contributed by atoms with E-state index in [9.17, 15) is 14.4 Å². The van der Waals surface area contributed by atoms with Gasteiger partial charge < -0.3 is 10.1 Å². The number of carbonyl (C=O) groups excluding carboxylic acids is 3. The number of anilines is 1. The molecule has 0 saturated heterocycles. The van der Waals surface area contributed by atoms with Gasteiger partial charge in [-0.3, -0.25) is 9.59 Å². The zero-order valence-corrected chi connectivity index (χ0v) is 17.3. The number of hydrogen-bond donors (Lipinski definition) is 2. The molecule has 0 aliphatic heterocycles. The van der Waals surface area contributed by atoms with Gasteiger partial charge >= 0.3 is 17.8 Å². The molecule has 0 bridgehead atoms. The highest BCUT2D eigenvalue weighted by Gasteiger charge is 2.13. The van der Waals surface area contributed by atoms with Crippen LogP contribution < -0.4 is 15.5 Å². The molecule has 2 amide bonds. The Bertz CT molecular complexity index is 1150. The molecule has 3 rings (SSSR count). The van der Waals surface area contributed by atoms with Gasteiger partial charge in [0.05, 0.1) is 6.21 Å². The molecule has 0 atom stereocenters. The van der Waals surface area contributed by atoms with Crippen molar-refractivity contribution in [1.29, 1.82) is 0 Å². The van der Waals surface area contributed by atoms with E-state index in [-0.39, 0.29) is 0 Å². The lowest BCUT2D eigenvalue weighted by Gasteiger charge is -2.06. The van der Waals surface area contributed by atoms with E-state index in [4.69, 9.17) is 4.74 Å². The molecule has 160 valence electrons. The van der Waals surface area contributed by atoms with E-state index in [1.807, 2.05) is 49.4 Å². The average Bonchev–Trinajstić information content (AvgIpc) is 2.81. The molecule has 3 aromatic carbocycles. The first-order chi connectivity index (χ1) is 15.5. The zero-order chi connectivity index (χ0) is 22.8. The molecule has 0 heterocycles. The number of aryl methyl sites for hydroxylation is 1. The van der Waals surface area contributed by atoms with E-state index >= 15 is 0 Å². The van der Waals surface area contributed by atoms with Crippen LogP contribution in [-0.4, -0.2) is 24.0 Å². The summed E-state index contributed by atoms with van der Waals surface area (Å²) in [6, 6.07) is 23.1. The quantitative estimate of drug-likeness (QED) is 0.157. The van der Waals surface area contributed by atoms with Crippen LogP contribution in [0.1, 0.15) is 16.7 Å². The summed E-state index contributed by atoms with van der Waals surface area (Å²) in [7, 11) is 0. The Kier molecular flexibility index (Phi) is 7.64. The summed E-state index contributed by atoms with van der Waals surface area (Å²) in [5.74, 6) is -1.84. The minimum Gasteiger partial charge on any atom is -0.423 e. The fourth-order valence-corrected chi connectivity index (χ4v) is 2.61. The molecule has 0 radical (unpaired) electrons. The van der Waals surface area contributed by atoms with Crippen molar-refractivity contribution in [1.82, 2.24) is 5.43 Å². The number of rotatable bonds is 6. The van der Waals surface area contributed by atoms with E-state index in [0.29, 0.717) is 17.0 Å². The number of ether oxygens (including phenoxy) is 1. The molecule has 0 aliphatic carbocycles. The maximum atomic E-state index is 11.9. The lowest BCUT2D eigenvalue weighted by atomic mass is 10.2. The molecule has 7 heteroatoms. The predicted octanol–water partition coefficient (Wildman–Crippen LogP) is 3.70. The van der Waals surface area contributed by atoms with Crippen molar-refractivity contribution in [2.24, 2.45) is 5.10 Å². The number of para-hydroxylation sites is 1. The van der Waals surface area contributed by atoms with Crippen LogP contribution in [-0.2, 0) is 14.4 Å². The van der Waals surface area contributed by atoms with Crippen LogP contribution in [0.25, 0.3) is 6.08 Å². The first-order valence-corrected chi connectivity index (χ1v) is 9.76. The fraction of sp³-hybridized carbons (Fsp3) is 0.0400. The highest BCUT2D eigenvalue weighted by atomic mass is 16.5. The second kappa shape index (κ2) is 11.0. The fourth-order valence-electron chi connectivity index (χ4n) is 2.61. The monoisotopic (exact) mass is 427 g/mol. The van der Waals surface area contributed by atoms with Crippen molar-refractivity contribution in [3.05, 3.63) is 102 Å². The van der Waals surface area contributed by atoms with Gasteiger partial charge in [-0.25, -0.2) is 10.2 Å². The Morgan fingerprint density at radius 3 is 2.22 bits per heavy atom. The summed E-state index contributed by atoms with van der Waals surface area (Å²) in [6.45, 7) is 1.83. The standard InChI is InChI=1S/C25H21N3O4/c1-18-7-5-6-10-22(18)27-24(30)25(31)28-26-17-20-11-14-21(15-12-20)32-23(29)16-13-19-8-3-2-4-9-19/h2-17H,1H3,(H,27,30)(H,28,31)/b16-13+,26-17+. The van der Waals surface area contributed by atoms with Crippen LogP contribution in [0.3, 0.4) is 0 Å². The number of nitrogens with zero attached hydrogens (tertiary/aromatic N) is 1. The Balaban J connectivity index is 1.48. The number of hydrogen-bond acceptors (Lipinski definition) is 5. The molecule has 0 spiro atoms. The zero-order valence-electron chi connectivity index (χ0n) is 17.3. The third-order valence-corrected chi connectivity index (χ3v) is 4.29. The molecule has 0 unspecified atom stereocenters. The maximum absolute atomic E-state index is 11.9. The van der Waals surface area contributed by atoms with Gasteiger partial charge in [-0.2, -0.15) is 5.10 Å². The first kappa shape index (κ1) is 22.2. The molecule has 32 heavy (non-hydrogen) atoms. The minimum absolute atomic E-state index is 0.367. The summed E-state index contributed by atoms with van der Waals surface area (Å²) in [4.78, 5) is 35.7. The van der Waals surface area contributed by atoms with E-state index in [1.165, 1.54) is 12.3 Å². The number of esters is 1. The van der Waals surface area contributed by atoms with Crippen molar-refractivity contribution < 1.29 is 19.1 Å². The Morgan fingerprint density at radius 2 is 1.50 bits per heavy atom. The second-order valence-corrected chi connectivity index (χ2v) is 6.70. The maximum Gasteiger partial charge on any atom is 0.336 e. The van der Waals surface area contributed by atoms with Gasteiger partial charge in [-0.15, -0.1) is 0 Å². The summed E-state index contributed by atoms with van der Waals surface area (Å²) in [5, 5.41) is 6.30. The molecule has 0 fully saturated rings. The normalized spacial score (nSPS) is 10.8.